The van der Waals surface area contributed by atoms with Crippen molar-refractivity contribution in [1.82, 2.24) is 0 Å². The molecule has 6 aromatic rings. The second kappa shape index (κ2) is 9.68. The van der Waals surface area contributed by atoms with Gasteiger partial charge in [0.05, 0.1) is 0 Å². The van der Waals surface area contributed by atoms with E-state index in [0.717, 1.165) is 18.4 Å². The molecular weight excluding hydrogens is 575 g/mol. The van der Waals surface area contributed by atoms with Crippen LogP contribution in [0.1, 0.15) is 20.8 Å². The summed E-state index contributed by atoms with van der Waals surface area (Å²) in [5, 5.41) is 7.88. The molecule has 0 saturated carbocycles. The Hall–Kier alpha value is -3.22. The maximum absolute atomic E-state index is 11.8. The number of carbonyl (C=O) groups is 1. The van der Waals surface area contributed by atoms with E-state index in [1.54, 1.807) is 0 Å². The molecule has 0 N–H and O–H groups in total. The molecule has 5 aromatic carbocycles. The maximum atomic E-state index is 11.8. The second-order valence-electron chi connectivity index (χ2n) is 8.88. The summed E-state index contributed by atoms with van der Waals surface area (Å²) >= 11 is 4.07. The van der Waals surface area contributed by atoms with Crippen LogP contribution in [-0.4, -0.2) is 5.97 Å². The molecule has 0 aliphatic carbocycles. The zero-order chi connectivity index (χ0) is 24.6. The standard InChI is InChI=1S/C32H23IO2S/c1-2-28(34)35-32(33)26-14-8-4-10-21(26)15-16-23-19-22-11-5-7-13-25(22)30-29-24-12-6-3-9-20(24)17-18-27(29)36-31(23)30/h2-14,17-19,32H,1,15-16H2. The number of rotatable bonds is 6. The van der Waals surface area contributed by atoms with Gasteiger partial charge in [-0.15, -0.1) is 11.3 Å². The van der Waals surface area contributed by atoms with Crippen LogP contribution >= 0.6 is 33.9 Å². The van der Waals surface area contributed by atoms with E-state index in [-0.39, 0.29) is 4.11 Å². The van der Waals surface area contributed by atoms with Crippen molar-refractivity contribution in [3.05, 3.63) is 120 Å². The van der Waals surface area contributed by atoms with Crippen LogP contribution in [0.3, 0.4) is 0 Å². The summed E-state index contributed by atoms with van der Waals surface area (Å²) in [6, 6.07) is 32.5. The van der Waals surface area contributed by atoms with Crippen molar-refractivity contribution in [2.45, 2.75) is 17.0 Å². The van der Waals surface area contributed by atoms with E-state index in [1.165, 1.54) is 58.9 Å². The summed E-state index contributed by atoms with van der Waals surface area (Å²) < 4.78 is 7.86. The zero-order valence-corrected chi connectivity index (χ0v) is 22.5. The lowest BCUT2D eigenvalue weighted by Crippen LogP contribution is -2.06. The van der Waals surface area contributed by atoms with Crippen LogP contribution in [0.4, 0.5) is 0 Å². The molecule has 1 atom stereocenters. The van der Waals surface area contributed by atoms with Gasteiger partial charge in [-0.3, -0.25) is 0 Å². The third-order valence-electron chi connectivity index (χ3n) is 6.78. The van der Waals surface area contributed by atoms with Crippen LogP contribution in [0.5, 0.6) is 0 Å². The minimum atomic E-state index is -0.405. The number of benzene rings is 5. The average molecular weight is 599 g/mol. The molecule has 1 aromatic heterocycles. The first-order valence-electron chi connectivity index (χ1n) is 11.9. The first-order chi connectivity index (χ1) is 17.6. The minimum Gasteiger partial charge on any atom is -0.444 e. The smallest absolute Gasteiger partial charge is 0.331 e. The van der Waals surface area contributed by atoms with E-state index in [0.29, 0.717) is 0 Å². The van der Waals surface area contributed by atoms with Gasteiger partial charge < -0.3 is 4.74 Å². The van der Waals surface area contributed by atoms with Crippen molar-refractivity contribution in [2.75, 3.05) is 0 Å². The largest absolute Gasteiger partial charge is 0.444 e. The Morgan fingerprint density at radius 2 is 1.50 bits per heavy atom. The highest BCUT2D eigenvalue weighted by Gasteiger charge is 2.18. The third kappa shape index (κ3) is 4.08. The molecule has 0 fully saturated rings. The van der Waals surface area contributed by atoms with Gasteiger partial charge in [0, 0.05) is 31.8 Å². The quantitative estimate of drug-likeness (QED) is 0.0827. The van der Waals surface area contributed by atoms with Crippen LogP contribution < -0.4 is 0 Å². The number of carbonyl (C=O) groups excluding carboxylic acids is 1. The third-order valence-corrected chi connectivity index (χ3v) is 8.94. The van der Waals surface area contributed by atoms with E-state index in [2.05, 4.69) is 108 Å². The fourth-order valence-corrected chi connectivity index (χ4v) is 7.24. The molecule has 2 nitrogen and oxygen atoms in total. The molecule has 0 spiro atoms. The van der Waals surface area contributed by atoms with Gasteiger partial charge in [-0.1, -0.05) is 85.4 Å². The molecule has 4 heteroatoms. The molecule has 0 radical (unpaired) electrons. The average Bonchev–Trinajstić information content (AvgIpc) is 3.32. The fourth-order valence-electron chi connectivity index (χ4n) is 5.11. The molecule has 0 amide bonds. The highest BCUT2D eigenvalue weighted by Crippen LogP contribution is 2.44. The second-order valence-corrected chi connectivity index (χ2v) is 11.1. The fraction of sp³-hybridized carbons (Fsp3) is 0.0938. The van der Waals surface area contributed by atoms with Crippen molar-refractivity contribution in [3.8, 4) is 0 Å². The lowest BCUT2D eigenvalue weighted by atomic mass is 9.94. The summed E-state index contributed by atoms with van der Waals surface area (Å²) in [6.07, 6.45) is 2.98. The number of thiophene rings is 1. The molecule has 0 aliphatic rings. The number of esters is 1. The highest BCUT2D eigenvalue weighted by atomic mass is 127. The SMILES string of the molecule is C=CC(=O)OC(I)c1ccccc1CCc1cc2ccccc2c2c1sc1ccc3ccccc3c12. The Labute approximate surface area is 227 Å². The molecule has 1 unspecified atom stereocenters. The Morgan fingerprint density at radius 3 is 2.31 bits per heavy atom. The van der Waals surface area contributed by atoms with Crippen LogP contribution in [-0.2, 0) is 22.4 Å². The van der Waals surface area contributed by atoms with Crippen molar-refractivity contribution in [1.29, 1.82) is 0 Å². The van der Waals surface area contributed by atoms with Crippen molar-refractivity contribution in [3.63, 3.8) is 0 Å². The van der Waals surface area contributed by atoms with Gasteiger partial charge in [0.2, 0.25) is 0 Å². The van der Waals surface area contributed by atoms with E-state index < -0.39 is 5.97 Å². The van der Waals surface area contributed by atoms with Crippen LogP contribution in [0.25, 0.3) is 41.7 Å². The summed E-state index contributed by atoms with van der Waals surface area (Å²) in [4.78, 5) is 11.8. The predicted molar refractivity (Wildman–Crippen MR) is 161 cm³/mol. The molecule has 0 saturated heterocycles. The molecule has 6 rings (SSSR count). The Balaban J connectivity index is 1.48. The number of aryl methyl sites for hydroxylation is 2. The summed E-state index contributed by atoms with van der Waals surface area (Å²) in [5.41, 5.74) is 3.59. The molecule has 0 aliphatic heterocycles. The Kier molecular flexibility index (Phi) is 6.23. The van der Waals surface area contributed by atoms with Crippen molar-refractivity contribution >= 4 is 81.6 Å². The summed E-state index contributed by atoms with van der Waals surface area (Å²) in [7, 11) is 0. The van der Waals surface area contributed by atoms with Gasteiger partial charge in [-0.25, -0.2) is 4.79 Å². The number of alkyl halides is 1. The molecule has 36 heavy (non-hydrogen) atoms. The number of hydrogen-bond donors (Lipinski definition) is 0. The van der Waals surface area contributed by atoms with Crippen LogP contribution in [0, 0.1) is 0 Å². The monoisotopic (exact) mass is 598 g/mol. The summed E-state index contributed by atoms with van der Waals surface area (Å²) in [5.74, 6) is -0.405. The van der Waals surface area contributed by atoms with Gasteiger partial charge >= 0.3 is 5.97 Å². The van der Waals surface area contributed by atoms with Crippen molar-refractivity contribution in [2.24, 2.45) is 0 Å². The van der Waals surface area contributed by atoms with E-state index in [4.69, 9.17) is 4.74 Å². The minimum absolute atomic E-state index is 0.350. The first kappa shape index (κ1) is 23.2. The zero-order valence-electron chi connectivity index (χ0n) is 19.5. The van der Waals surface area contributed by atoms with E-state index >= 15 is 0 Å². The van der Waals surface area contributed by atoms with E-state index in [1.807, 2.05) is 23.5 Å². The van der Waals surface area contributed by atoms with Crippen LogP contribution in [0.15, 0.2) is 104 Å². The van der Waals surface area contributed by atoms with Gasteiger partial charge in [0.25, 0.3) is 0 Å². The lowest BCUT2D eigenvalue weighted by Gasteiger charge is -2.15. The molecule has 0 bridgehead atoms. The highest BCUT2D eigenvalue weighted by molar-refractivity contribution is 14.1. The molecule has 1 heterocycles. The Morgan fingerprint density at radius 1 is 0.833 bits per heavy atom. The number of hydrogen-bond acceptors (Lipinski definition) is 3. The Bertz CT molecular complexity index is 1780. The van der Waals surface area contributed by atoms with Gasteiger partial charge in [-0.05, 0) is 80.2 Å². The number of fused-ring (bicyclic) bond motifs is 7. The predicted octanol–water partition coefficient (Wildman–Crippen LogP) is 9.31. The number of ether oxygens (including phenoxy) is 1. The van der Waals surface area contributed by atoms with Gasteiger partial charge in [-0.2, -0.15) is 0 Å². The summed E-state index contributed by atoms with van der Waals surface area (Å²) in [6.45, 7) is 3.52. The lowest BCUT2D eigenvalue weighted by molar-refractivity contribution is -0.138. The number of halogens is 1. The van der Waals surface area contributed by atoms with Crippen molar-refractivity contribution < 1.29 is 9.53 Å². The van der Waals surface area contributed by atoms with Gasteiger partial charge in [0.15, 0.2) is 4.11 Å². The molecular formula is C32H23IO2S. The normalized spacial score (nSPS) is 12.4. The maximum Gasteiger partial charge on any atom is 0.331 e. The topological polar surface area (TPSA) is 26.3 Å². The van der Waals surface area contributed by atoms with E-state index in [9.17, 15) is 4.79 Å². The van der Waals surface area contributed by atoms with Gasteiger partial charge in [0.1, 0.15) is 0 Å². The molecule has 176 valence electrons. The first-order valence-corrected chi connectivity index (χ1v) is 14.0. The van der Waals surface area contributed by atoms with Crippen LogP contribution in [0.2, 0.25) is 0 Å².